The molecular formula is C19H20N2O3S. The van der Waals surface area contributed by atoms with Crippen molar-refractivity contribution in [1.29, 1.82) is 0 Å². The third-order valence-electron chi connectivity index (χ3n) is 4.02. The summed E-state index contributed by atoms with van der Waals surface area (Å²) in [5, 5.41) is 4.20. The Morgan fingerprint density at radius 1 is 1.08 bits per heavy atom. The second-order valence-corrected chi connectivity index (χ2v) is 7.57. The van der Waals surface area contributed by atoms with E-state index in [9.17, 15) is 8.42 Å². The molecule has 2 aromatic carbocycles. The van der Waals surface area contributed by atoms with Crippen LogP contribution in [-0.4, -0.2) is 20.1 Å². The van der Waals surface area contributed by atoms with E-state index in [-0.39, 0.29) is 4.90 Å². The molecule has 1 N–H and O–H groups in total. The Hall–Kier alpha value is -2.44. The van der Waals surface area contributed by atoms with E-state index in [0.29, 0.717) is 12.3 Å². The minimum Gasteiger partial charge on any atom is -0.360 e. The first kappa shape index (κ1) is 17.4. The zero-order valence-electron chi connectivity index (χ0n) is 14.4. The van der Waals surface area contributed by atoms with Crippen LogP contribution in [0.5, 0.6) is 0 Å². The van der Waals surface area contributed by atoms with Crippen molar-refractivity contribution in [2.24, 2.45) is 0 Å². The first-order valence-corrected chi connectivity index (χ1v) is 9.54. The van der Waals surface area contributed by atoms with Gasteiger partial charge in [-0.25, -0.2) is 13.1 Å². The van der Waals surface area contributed by atoms with Gasteiger partial charge < -0.3 is 4.52 Å². The van der Waals surface area contributed by atoms with Crippen molar-refractivity contribution in [3.8, 4) is 22.4 Å². The van der Waals surface area contributed by atoms with Gasteiger partial charge in [-0.05, 0) is 37.1 Å². The number of nitrogens with one attached hydrogen (secondary N) is 1. The smallest absolute Gasteiger partial charge is 0.240 e. The molecule has 6 heteroatoms. The second-order valence-electron chi connectivity index (χ2n) is 5.81. The van der Waals surface area contributed by atoms with E-state index in [1.54, 1.807) is 19.1 Å². The third-order valence-corrected chi connectivity index (χ3v) is 5.57. The number of sulfonamides is 1. The lowest BCUT2D eigenvalue weighted by atomic mass is 9.96. The number of aromatic nitrogens is 1. The molecule has 25 heavy (non-hydrogen) atoms. The van der Waals surface area contributed by atoms with Crippen molar-refractivity contribution in [3.05, 3.63) is 59.9 Å². The van der Waals surface area contributed by atoms with Crippen molar-refractivity contribution in [2.45, 2.75) is 25.7 Å². The highest BCUT2D eigenvalue weighted by Crippen LogP contribution is 2.36. The summed E-state index contributed by atoms with van der Waals surface area (Å²) >= 11 is 0. The number of aryl methyl sites for hydroxylation is 2. The van der Waals surface area contributed by atoms with Gasteiger partial charge in [-0.15, -0.1) is 0 Å². The van der Waals surface area contributed by atoms with Crippen LogP contribution in [-0.2, 0) is 10.0 Å². The molecule has 0 aliphatic carbocycles. The molecule has 3 rings (SSSR count). The van der Waals surface area contributed by atoms with Crippen LogP contribution in [0, 0.1) is 13.8 Å². The minimum absolute atomic E-state index is 0.256. The SMILES string of the molecule is CCNS(=O)(=O)c1ccc(-c2c(-c3ccccc3)noc2C)c(C)c1. The van der Waals surface area contributed by atoms with Crippen LogP contribution in [0.1, 0.15) is 18.2 Å². The summed E-state index contributed by atoms with van der Waals surface area (Å²) in [4.78, 5) is 0.256. The third kappa shape index (κ3) is 3.36. The van der Waals surface area contributed by atoms with Crippen molar-refractivity contribution >= 4 is 10.0 Å². The van der Waals surface area contributed by atoms with Crippen LogP contribution < -0.4 is 4.72 Å². The van der Waals surface area contributed by atoms with Crippen LogP contribution in [0.2, 0.25) is 0 Å². The van der Waals surface area contributed by atoms with Crippen molar-refractivity contribution in [2.75, 3.05) is 6.54 Å². The molecule has 0 saturated heterocycles. The van der Waals surface area contributed by atoms with Gasteiger partial charge in [0.15, 0.2) is 0 Å². The molecule has 1 aromatic heterocycles. The Morgan fingerprint density at radius 2 is 1.80 bits per heavy atom. The van der Waals surface area contributed by atoms with Crippen LogP contribution in [0.4, 0.5) is 0 Å². The van der Waals surface area contributed by atoms with E-state index in [1.165, 1.54) is 0 Å². The van der Waals surface area contributed by atoms with Crippen LogP contribution in [0.3, 0.4) is 0 Å². The van der Waals surface area contributed by atoms with Gasteiger partial charge >= 0.3 is 0 Å². The topological polar surface area (TPSA) is 72.2 Å². The van der Waals surface area contributed by atoms with E-state index in [2.05, 4.69) is 9.88 Å². The first-order chi connectivity index (χ1) is 11.9. The van der Waals surface area contributed by atoms with Gasteiger partial charge in [-0.3, -0.25) is 0 Å². The molecule has 3 aromatic rings. The van der Waals surface area contributed by atoms with Gasteiger partial charge in [0.05, 0.1) is 10.5 Å². The lowest BCUT2D eigenvalue weighted by Crippen LogP contribution is -2.23. The average Bonchev–Trinajstić information content (AvgIpc) is 2.97. The van der Waals surface area contributed by atoms with E-state index >= 15 is 0 Å². The molecule has 0 aliphatic rings. The zero-order chi connectivity index (χ0) is 18.0. The summed E-state index contributed by atoms with van der Waals surface area (Å²) in [5.74, 6) is 0.698. The first-order valence-electron chi connectivity index (χ1n) is 8.06. The minimum atomic E-state index is -3.48. The monoisotopic (exact) mass is 356 g/mol. The molecule has 0 fully saturated rings. The summed E-state index contributed by atoms with van der Waals surface area (Å²) in [5.41, 5.74) is 4.35. The zero-order valence-corrected chi connectivity index (χ0v) is 15.2. The number of nitrogens with zero attached hydrogens (tertiary/aromatic N) is 1. The fraction of sp³-hybridized carbons (Fsp3) is 0.211. The average molecular weight is 356 g/mol. The standard InChI is InChI=1S/C19H20N2O3S/c1-4-20-25(22,23)16-10-11-17(13(2)12-16)18-14(3)24-21-19(18)15-8-6-5-7-9-15/h5-12,20H,4H2,1-3H3. The second kappa shape index (κ2) is 6.82. The molecule has 0 unspecified atom stereocenters. The maximum atomic E-state index is 12.2. The Labute approximate surface area is 147 Å². The fourth-order valence-electron chi connectivity index (χ4n) is 2.84. The van der Waals surface area contributed by atoms with Crippen LogP contribution >= 0.6 is 0 Å². The highest BCUT2D eigenvalue weighted by molar-refractivity contribution is 7.89. The van der Waals surface area contributed by atoms with E-state index in [0.717, 1.165) is 27.9 Å². The summed E-state index contributed by atoms with van der Waals surface area (Å²) in [6.45, 7) is 5.86. The predicted molar refractivity (Wildman–Crippen MR) is 97.7 cm³/mol. The summed E-state index contributed by atoms with van der Waals surface area (Å²) in [6, 6.07) is 14.9. The van der Waals surface area contributed by atoms with Gasteiger partial charge in [0.25, 0.3) is 0 Å². The molecule has 0 radical (unpaired) electrons. The highest BCUT2D eigenvalue weighted by atomic mass is 32.2. The number of hydrogen-bond acceptors (Lipinski definition) is 4. The number of rotatable bonds is 5. The molecule has 0 aliphatic heterocycles. The largest absolute Gasteiger partial charge is 0.360 e. The van der Waals surface area contributed by atoms with E-state index < -0.39 is 10.0 Å². The van der Waals surface area contributed by atoms with Gasteiger partial charge in [0, 0.05) is 12.1 Å². The summed E-state index contributed by atoms with van der Waals surface area (Å²) in [7, 11) is -3.48. The van der Waals surface area contributed by atoms with Crippen molar-refractivity contribution in [1.82, 2.24) is 9.88 Å². The molecule has 5 nitrogen and oxygen atoms in total. The Bertz CT molecular complexity index is 993. The Kier molecular flexibility index (Phi) is 4.74. The summed E-state index contributed by atoms with van der Waals surface area (Å²) < 4.78 is 32.3. The highest BCUT2D eigenvalue weighted by Gasteiger charge is 2.20. The van der Waals surface area contributed by atoms with Gasteiger partial charge in [0.1, 0.15) is 11.5 Å². The maximum Gasteiger partial charge on any atom is 0.240 e. The molecule has 0 amide bonds. The maximum absolute atomic E-state index is 12.2. The fourth-order valence-corrected chi connectivity index (χ4v) is 3.97. The van der Waals surface area contributed by atoms with Crippen molar-refractivity contribution < 1.29 is 12.9 Å². The number of hydrogen-bond donors (Lipinski definition) is 1. The van der Waals surface area contributed by atoms with Crippen LogP contribution in [0.25, 0.3) is 22.4 Å². The molecule has 1 heterocycles. The molecule has 0 atom stereocenters. The van der Waals surface area contributed by atoms with E-state index in [1.807, 2.05) is 50.2 Å². The molecule has 0 saturated carbocycles. The van der Waals surface area contributed by atoms with Crippen LogP contribution in [0.15, 0.2) is 57.9 Å². The summed E-state index contributed by atoms with van der Waals surface area (Å²) in [6.07, 6.45) is 0. The quantitative estimate of drug-likeness (QED) is 0.752. The number of benzene rings is 2. The molecule has 0 bridgehead atoms. The lowest BCUT2D eigenvalue weighted by molar-refractivity contribution is 0.400. The molecule has 130 valence electrons. The van der Waals surface area contributed by atoms with Crippen molar-refractivity contribution in [3.63, 3.8) is 0 Å². The van der Waals surface area contributed by atoms with Gasteiger partial charge in [0.2, 0.25) is 10.0 Å². The molecular weight excluding hydrogens is 336 g/mol. The lowest BCUT2D eigenvalue weighted by Gasteiger charge is -2.10. The normalized spacial score (nSPS) is 11.6. The van der Waals surface area contributed by atoms with Gasteiger partial charge in [-0.2, -0.15) is 0 Å². The predicted octanol–water partition coefficient (Wildman–Crippen LogP) is 3.92. The van der Waals surface area contributed by atoms with Gasteiger partial charge in [-0.1, -0.05) is 48.5 Å². The Morgan fingerprint density at radius 3 is 2.44 bits per heavy atom. The van der Waals surface area contributed by atoms with E-state index in [4.69, 9.17) is 4.52 Å². The Balaban J connectivity index is 2.12. The molecule has 0 spiro atoms.